The second-order valence-corrected chi connectivity index (χ2v) is 6.18. The van der Waals surface area contributed by atoms with Crippen molar-refractivity contribution in [2.75, 3.05) is 7.11 Å². The molecule has 0 bridgehead atoms. The van der Waals surface area contributed by atoms with Gasteiger partial charge in [0.05, 0.1) is 6.10 Å². The Bertz CT molecular complexity index is 230. The van der Waals surface area contributed by atoms with Gasteiger partial charge in [-0.15, -0.1) is 0 Å². The van der Waals surface area contributed by atoms with Gasteiger partial charge in [-0.3, -0.25) is 0 Å². The van der Waals surface area contributed by atoms with Gasteiger partial charge in [0.2, 0.25) is 0 Å². The second kappa shape index (κ2) is 6.58. The molecule has 2 rings (SSSR count). The van der Waals surface area contributed by atoms with E-state index in [0.29, 0.717) is 6.10 Å². The third-order valence-electron chi connectivity index (χ3n) is 4.77. The van der Waals surface area contributed by atoms with Crippen molar-refractivity contribution in [3.63, 3.8) is 0 Å². The van der Waals surface area contributed by atoms with Gasteiger partial charge in [-0.2, -0.15) is 0 Å². The van der Waals surface area contributed by atoms with Crippen LogP contribution in [-0.2, 0) is 4.74 Å². The van der Waals surface area contributed by atoms with Crippen molar-refractivity contribution >= 4 is 0 Å². The van der Waals surface area contributed by atoms with Crippen molar-refractivity contribution in [2.45, 2.75) is 64.4 Å². The minimum atomic E-state index is 0.537. The van der Waals surface area contributed by atoms with E-state index in [1.807, 2.05) is 7.11 Å². The number of rotatable bonds is 3. The Morgan fingerprint density at radius 3 is 1.71 bits per heavy atom. The molecule has 1 nitrogen and oxygen atoms in total. The van der Waals surface area contributed by atoms with Crippen LogP contribution in [0.3, 0.4) is 0 Å². The van der Waals surface area contributed by atoms with Gasteiger partial charge in [-0.1, -0.05) is 31.9 Å². The summed E-state index contributed by atoms with van der Waals surface area (Å²) in [5, 5.41) is 0. The van der Waals surface area contributed by atoms with Gasteiger partial charge in [0.25, 0.3) is 0 Å². The van der Waals surface area contributed by atoms with Crippen LogP contribution >= 0.6 is 0 Å². The van der Waals surface area contributed by atoms with E-state index in [2.05, 4.69) is 19.1 Å². The highest BCUT2D eigenvalue weighted by molar-refractivity contribution is 4.96. The lowest BCUT2D eigenvalue weighted by Gasteiger charge is -2.27. The average molecular weight is 236 g/mol. The molecule has 0 aromatic heterocycles. The molecule has 0 aliphatic heterocycles. The highest BCUT2D eigenvalue weighted by Gasteiger charge is 2.20. The fourth-order valence-corrected chi connectivity index (χ4v) is 3.31. The van der Waals surface area contributed by atoms with E-state index >= 15 is 0 Å². The highest BCUT2D eigenvalue weighted by Crippen LogP contribution is 2.31. The van der Waals surface area contributed by atoms with Crippen molar-refractivity contribution in [3.05, 3.63) is 12.2 Å². The summed E-state index contributed by atoms with van der Waals surface area (Å²) in [5.74, 6) is 2.68. The smallest absolute Gasteiger partial charge is 0.0571 e. The molecule has 0 radical (unpaired) electrons. The second-order valence-electron chi connectivity index (χ2n) is 6.18. The van der Waals surface area contributed by atoms with Gasteiger partial charge in [0.1, 0.15) is 0 Å². The largest absolute Gasteiger partial charge is 0.381 e. The topological polar surface area (TPSA) is 9.23 Å². The summed E-state index contributed by atoms with van der Waals surface area (Å²) < 4.78 is 5.42. The van der Waals surface area contributed by atoms with Crippen LogP contribution < -0.4 is 0 Å². The van der Waals surface area contributed by atoms with Crippen LogP contribution in [0.4, 0.5) is 0 Å². The number of methoxy groups -OCH3 is 1. The molecule has 2 aliphatic rings. The van der Waals surface area contributed by atoms with Gasteiger partial charge in [0.15, 0.2) is 0 Å². The summed E-state index contributed by atoms with van der Waals surface area (Å²) in [4.78, 5) is 0. The molecule has 0 aromatic rings. The van der Waals surface area contributed by atoms with Crippen LogP contribution in [0.15, 0.2) is 12.2 Å². The molecule has 0 spiro atoms. The molecule has 1 heteroatoms. The first kappa shape index (κ1) is 13.1. The van der Waals surface area contributed by atoms with Crippen LogP contribution in [0.5, 0.6) is 0 Å². The van der Waals surface area contributed by atoms with Crippen molar-refractivity contribution in [1.29, 1.82) is 0 Å². The van der Waals surface area contributed by atoms with Crippen LogP contribution in [0.25, 0.3) is 0 Å². The Labute approximate surface area is 107 Å². The molecule has 98 valence electrons. The average Bonchev–Trinajstić information content (AvgIpc) is 2.39. The maximum atomic E-state index is 5.42. The van der Waals surface area contributed by atoms with E-state index in [-0.39, 0.29) is 0 Å². The number of ether oxygens (including phenoxy) is 1. The molecule has 0 aromatic carbocycles. The van der Waals surface area contributed by atoms with Gasteiger partial charge >= 0.3 is 0 Å². The SMILES string of the molecule is COC1CCC(/C=C/C2CCC(C)CC2)CC1. The maximum Gasteiger partial charge on any atom is 0.0571 e. The third-order valence-corrected chi connectivity index (χ3v) is 4.77. The van der Waals surface area contributed by atoms with E-state index in [1.165, 1.54) is 51.4 Å². The fraction of sp³-hybridized carbons (Fsp3) is 0.875. The minimum absolute atomic E-state index is 0.537. The van der Waals surface area contributed by atoms with Crippen molar-refractivity contribution in [2.24, 2.45) is 17.8 Å². The molecular formula is C16H28O. The summed E-state index contributed by atoms with van der Waals surface area (Å²) >= 11 is 0. The lowest BCUT2D eigenvalue weighted by Crippen LogP contribution is -2.19. The molecule has 0 unspecified atom stereocenters. The van der Waals surface area contributed by atoms with E-state index in [9.17, 15) is 0 Å². The molecule has 2 fully saturated rings. The standard InChI is InChI=1S/C16H28O/c1-13-3-5-14(6-4-13)7-8-15-9-11-16(17-2)12-10-15/h7-8,13-16H,3-6,9-12H2,1-2H3/b8-7+. The minimum Gasteiger partial charge on any atom is -0.381 e. The molecule has 0 amide bonds. The monoisotopic (exact) mass is 236 g/mol. The van der Waals surface area contributed by atoms with Crippen LogP contribution in [-0.4, -0.2) is 13.2 Å². The van der Waals surface area contributed by atoms with Crippen molar-refractivity contribution in [3.8, 4) is 0 Å². The Morgan fingerprint density at radius 2 is 1.24 bits per heavy atom. The molecule has 2 aliphatic carbocycles. The predicted octanol–water partition coefficient (Wildman–Crippen LogP) is 4.57. The summed E-state index contributed by atoms with van der Waals surface area (Å²) in [6.07, 6.45) is 16.5. The van der Waals surface area contributed by atoms with Crippen molar-refractivity contribution in [1.82, 2.24) is 0 Å². The van der Waals surface area contributed by atoms with Crippen molar-refractivity contribution < 1.29 is 4.74 Å². The highest BCUT2D eigenvalue weighted by atomic mass is 16.5. The quantitative estimate of drug-likeness (QED) is 0.652. The molecule has 0 heterocycles. The Kier molecular flexibility index (Phi) is 5.09. The van der Waals surface area contributed by atoms with Gasteiger partial charge in [-0.25, -0.2) is 0 Å². The normalized spacial score (nSPS) is 39.6. The lowest BCUT2D eigenvalue weighted by molar-refractivity contribution is 0.0626. The van der Waals surface area contributed by atoms with Crippen LogP contribution in [0.2, 0.25) is 0 Å². The molecule has 0 atom stereocenters. The van der Waals surface area contributed by atoms with Gasteiger partial charge < -0.3 is 4.74 Å². The zero-order valence-corrected chi connectivity index (χ0v) is 11.5. The van der Waals surface area contributed by atoms with Crippen LogP contribution in [0, 0.1) is 17.8 Å². The van der Waals surface area contributed by atoms with Gasteiger partial charge in [0, 0.05) is 7.11 Å². The Hall–Kier alpha value is -0.300. The van der Waals surface area contributed by atoms with E-state index in [0.717, 1.165) is 17.8 Å². The predicted molar refractivity (Wildman–Crippen MR) is 73.0 cm³/mol. The molecule has 17 heavy (non-hydrogen) atoms. The number of hydrogen-bond donors (Lipinski definition) is 0. The number of hydrogen-bond acceptors (Lipinski definition) is 1. The zero-order valence-electron chi connectivity index (χ0n) is 11.5. The zero-order chi connectivity index (χ0) is 12.1. The first-order chi connectivity index (χ1) is 8.28. The molecule has 0 N–H and O–H groups in total. The van der Waals surface area contributed by atoms with Gasteiger partial charge in [-0.05, 0) is 56.3 Å². The third kappa shape index (κ3) is 4.13. The summed E-state index contributed by atoms with van der Waals surface area (Å²) in [6.45, 7) is 2.39. The number of allylic oxidation sites excluding steroid dienone is 2. The van der Waals surface area contributed by atoms with E-state index < -0.39 is 0 Å². The fourth-order valence-electron chi connectivity index (χ4n) is 3.31. The molecule has 2 saturated carbocycles. The summed E-state index contributed by atoms with van der Waals surface area (Å²) in [5.41, 5.74) is 0. The van der Waals surface area contributed by atoms with E-state index in [4.69, 9.17) is 4.74 Å². The summed E-state index contributed by atoms with van der Waals surface area (Å²) in [7, 11) is 1.85. The Morgan fingerprint density at radius 1 is 0.765 bits per heavy atom. The first-order valence-corrected chi connectivity index (χ1v) is 7.49. The molecule has 0 saturated heterocycles. The molecular weight excluding hydrogens is 208 g/mol. The van der Waals surface area contributed by atoms with E-state index in [1.54, 1.807) is 0 Å². The summed E-state index contributed by atoms with van der Waals surface area (Å²) in [6, 6.07) is 0. The first-order valence-electron chi connectivity index (χ1n) is 7.49. The maximum absolute atomic E-state index is 5.42. The Balaban J connectivity index is 1.70. The van der Waals surface area contributed by atoms with Crippen LogP contribution in [0.1, 0.15) is 58.3 Å². The lowest BCUT2D eigenvalue weighted by atomic mass is 9.81.